The number of benzene rings is 1. The normalized spacial score (nSPS) is 13.3. The molecule has 2 nitrogen and oxygen atoms in total. The molecule has 104 valence electrons. The minimum atomic E-state index is -2.20. The van der Waals surface area contributed by atoms with E-state index in [1.165, 1.54) is 5.56 Å². The highest BCUT2D eigenvalue weighted by atomic mass is 14.9. The van der Waals surface area contributed by atoms with Gasteiger partial charge in [0.1, 0.15) is 7.05 Å². The Morgan fingerprint density at radius 3 is 2.71 bits per heavy atom. The molecule has 2 heterocycles. The Labute approximate surface area is 130 Å². The summed E-state index contributed by atoms with van der Waals surface area (Å²) in [7, 11) is 2.00. The van der Waals surface area contributed by atoms with Gasteiger partial charge in [-0.05, 0) is 37.5 Å². The van der Waals surface area contributed by atoms with Gasteiger partial charge in [0.25, 0.3) is 0 Å². The Morgan fingerprint density at radius 1 is 1.05 bits per heavy atom. The van der Waals surface area contributed by atoms with Crippen LogP contribution in [0.5, 0.6) is 0 Å². The van der Waals surface area contributed by atoms with Crippen LogP contribution in [-0.2, 0) is 7.05 Å². The summed E-state index contributed by atoms with van der Waals surface area (Å²) < 4.78 is 24.7. The maximum Gasteiger partial charge on any atom is 0.213 e. The van der Waals surface area contributed by atoms with Gasteiger partial charge in [-0.2, -0.15) is 0 Å². The van der Waals surface area contributed by atoms with Crippen molar-refractivity contribution in [1.29, 1.82) is 0 Å². The van der Waals surface area contributed by atoms with Crippen LogP contribution < -0.4 is 4.57 Å². The van der Waals surface area contributed by atoms with Gasteiger partial charge in [0.15, 0.2) is 6.20 Å². The number of nitrogens with zero attached hydrogens (tertiary/aromatic N) is 2. The summed E-state index contributed by atoms with van der Waals surface area (Å²) in [4.78, 5) is 4.33. The Balaban J connectivity index is 2.12. The molecule has 2 aromatic heterocycles. The topological polar surface area (TPSA) is 16.8 Å². The number of rotatable bonds is 2. The summed E-state index contributed by atoms with van der Waals surface area (Å²) >= 11 is 0. The number of pyridine rings is 2. The molecule has 1 aromatic carbocycles. The Hall–Kier alpha value is -2.48. The number of aromatic nitrogens is 2. The fourth-order valence-corrected chi connectivity index (χ4v) is 2.45. The van der Waals surface area contributed by atoms with E-state index in [9.17, 15) is 0 Å². The molecule has 0 aliphatic heterocycles. The van der Waals surface area contributed by atoms with Gasteiger partial charge in [-0.3, -0.25) is 4.98 Å². The van der Waals surface area contributed by atoms with Crippen molar-refractivity contribution in [3.63, 3.8) is 0 Å². The Morgan fingerprint density at radius 2 is 1.90 bits per heavy atom. The third-order valence-electron chi connectivity index (χ3n) is 3.62. The first kappa shape index (κ1) is 10.3. The number of hydrogen-bond acceptors (Lipinski definition) is 1. The summed E-state index contributed by atoms with van der Waals surface area (Å²) in [5, 5.41) is 0. The van der Waals surface area contributed by atoms with Crippen molar-refractivity contribution >= 4 is 0 Å². The molecule has 0 unspecified atom stereocenters. The zero-order valence-electron chi connectivity index (χ0n) is 15.2. The van der Waals surface area contributed by atoms with Gasteiger partial charge in [-0.1, -0.05) is 24.3 Å². The molecule has 0 bridgehead atoms. The van der Waals surface area contributed by atoms with Crippen molar-refractivity contribution in [2.75, 3.05) is 0 Å². The standard InChI is InChI=1S/C19H19N2/c1-14-7-4-5-9-17(14)19-13-16(11-12-21(19)3)18-10-6-8-15(2)20-18/h4-13H,1-3H3/q+1/i2D3. The lowest BCUT2D eigenvalue weighted by Crippen LogP contribution is -2.30. The minimum Gasteiger partial charge on any atom is -0.253 e. The number of hydrogen-bond donors (Lipinski definition) is 0. The van der Waals surface area contributed by atoms with Crippen molar-refractivity contribution in [1.82, 2.24) is 4.98 Å². The van der Waals surface area contributed by atoms with Crippen LogP contribution in [0.2, 0.25) is 0 Å². The van der Waals surface area contributed by atoms with Crippen LogP contribution in [0.15, 0.2) is 60.8 Å². The molecular formula is C19H19N2+. The van der Waals surface area contributed by atoms with E-state index < -0.39 is 6.85 Å². The van der Waals surface area contributed by atoms with Crippen LogP contribution >= 0.6 is 0 Å². The van der Waals surface area contributed by atoms with Crippen LogP contribution in [0.3, 0.4) is 0 Å². The lowest BCUT2D eigenvalue weighted by atomic mass is 10.0. The minimum absolute atomic E-state index is 0.116. The molecule has 3 aromatic rings. The van der Waals surface area contributed by atoms with Gasteiger partial charge in [-0.15, -0.1) is 0 Å². The van der Waals surface area contributed by atoms with Crippen LogP contribution in [0.1, 0.15) is 15.4 Å². The maximum absolute atomic E-state index is 7.54. The molecule has 0 spiro atoms. The lowest BCUT2D eigenvalue weighted by Gasteiger charge is -2.07. The monoisotopic (exact) mass is 278 g/mol. The van der Waals surface area contributed by atoms with E-state index in [0.717, 1.165) is 16.8 Å². The summed E-state index contributed by atoms with van der Waals surface area (Å²) in [6.07, 6.45) is 1.97. The molecule has 0 saturated carbocycles. The molecule has 2 heteroatoms. The van der Waals surface area contributed by atoms with Crippen LogP contribution in [0.25, 0.3) is 22.5 Å². The Bertz CT molecular complexity index is 886. The summed E-state index contributed by atoms with van der Waals surface area (Å²) in [6, 6.07) is 17.3. The second-order valence-corrected chi connectivity index (χ2v) is 5.13. The van der Waals surface area contributed by atoms with E-state index >= 15 is 0 Å². The maximum atomic E-state index is 7.54. The smallest absolute Gasteiger partial charge is 0.213 e. The molecule has 0 N–H and O–H groups in total. The predicted molar refractivity (Wildman–Crippen MR) is 85.8 cm³/mol. The fourth-order valence-electron chi connectivity index (χ4n) is 2.45. The lowest BCUT2D eigenvalue weighted by molar-refractivity contribution is -0.660. The Kier molecular flexibility index (Phi) is 2.68. The van der Waals surface area contributed by atoms with Gasteiger partial charge in [-0.25, -0.2) is 4.57 Å². The SMILES string of the molecule is [2H]C([2H])([2H])c1cccc(-c2cc[n+](C)c(-c3ccccc3C)c2)n1. The third kappa shape index (κ3) is 2.70. The first-order valence-corrected chi connectivity index (χ1v) is 6.90. The largest absolute Gasteiger partial charge is 0.253 e. The highest BCUT2D eigenvalue weighted by molar-refractivity contribution is 5.68. The van der Waals surface area contributed by atoms with E-state index in [1.54, 1.807) is 12.1 Å². The first-order chi connectivity index (χ1) is 11.4. The van der Waals surface area contributed by atoms with E-state index in [1.807, 2.05) is 43.6 Å². The molecule has 3 rings (SSSR count). The molecule has 0 aliphatic carbocycles. The molecule has 0 amide bonds. The van der Waals surface area contributed by atoms with Crippen molar-refractivity contribution in [2.45, 2.75) is 13.8 Å². The van der Waals surface area contributed by atoms with Gasteiger partial charge in [0.05, 0.1) is 5.69 Å². The van der Waals surface area contributed by atoms with Crippen LogP contribution in [-0.4, -0.2) is 4.98 Å². The second kappa shape index (κ2) is 5.49. The quantitative estimate of drug-likeness (QED) is 0.650. The van der Waals surface area contributed by atoms with Gasteiger partial charge < -0.3 is 0 Å². The second-order valence-electron chi connectivity index (χ2n) is 5.13. The molecule has 0 aliphatic rings. The summed E-state index contributed by atoms with van der Waals surface area (Å²) in [5.41, 5.74) is 5.08. The average Bonchev–Trinajstić information content (AvgIpc) is 2.55. The first-order valence-electron chi connectivity index (χ1n) is 8.40. The van der Waals surface area contributed by atoms with Gasteiger partial charge >= 0.3 is 0 Å². The van der Waals surface area contributed by atoms with E-state index in [0.29, 0.717) is 5.69 Å². The van der Waals surface area contributed by atoms with E-state index in [4.69, 9.17) is 4.11 Å². The zero-order chi connectivity index (χ0) is 17.3. The molecule has 0 saturated heterocycles. The molecule has 21 heavy (non-hydrogen) atoms. The highest BCUT2D eigenvalue weighted by Gasteiger charge is 2.14. The van der Waals surface area contributed by atoms with E-state index in [-0.39, 0.29) is 5.69 Å². The molecule has 0 fully saturated rings. The fraction of sp³-hybridized carbons (Fsp3) is 0.158. The predicted octanol–water partition coefficient (Wildman–Crippen LogP) is 3.86. The zero-order valence-corrected chi connectivity index (χ0v) is 12.2. The summed E-state index contributed by atoms with van der Waals surface area (Å²) in [5.74, 6) is 0. The number of aryl methyl sites for hydroxylation is 3. The molecular weight excluding hydrogens is 256 g/mol. The van der Waals surface area contributed by atoms with E-state index in [2.05, 4.69) is 28.6 Å². The highest BCUT2D eigenvalue weighted by Crippen LogP contribution is 2.24. The van der Waals surface area contributed by atoms with Gasteiger partial charge in [0.2, 0.25) is 5.69 Å². The van der Waals surface area contributed by atoms with Crippen molar-refractivity contribution in [3.8, 4) is 22.5 Å². The van der Waals surface area contributed by atoms with Crippen molar-refractivity contribution in [3.05, 3.63) is 72.1 Å². The molecule has 0 atom stereocenters. The third-order valence-corrected chi connectivity index (χ3v) is 3.62. The van der Waals surface area contributed by atoms with Crippen molar-refractivity contribution in [2.24, 2.45) is 7.05 Å². The van der Waals surface area contributed by atoms with Crippen molar-refractivity contribution < 1.29 is 8.68 Å². The molecule has 0 radical (unpaired) electrons. The van der Waals surface area contributed by atoms with Crippen LogP contribution in [0.4, 0.5) is 0 Å². The summed E-state index contributed by atoms with van der Waals surface area (Å²) in [6.45, 7) is -0.121. The van der Waals surface area contributed by atoms with Gasteiger partial charge in [0, 0.05) is 33.1 Å². The van der Waals surface area contributed by atoms with Crippen LogP contribution in [0, 0.1) is 13.8 Å². The average molecular weight is 278 g/mol.